The van der Waals surface area contributed by atoms with Crippen LogP contribution in [0.1, 0.15) is 32.8 Å². The Bertz CT molecular complexity index is 1470. The van der Waals surface area contributed by atoms with E-state index < -0.39 is 0 Å². The highest BCUT2D eigenvalue weighted by Crippen LogP contribution is 2.45. The minimum absolute atomic E-state index is 0.190. The number of hydrogen-bond donors (Lipinski definition) is 0. The van der Waals surface area contributed by atoms with Gasteiger partial charge in [-0.15, -0.1) is 0 Å². The van der Waals surface area contributed by atoms with Gasteiger partial charge in [-0.3, -0.25) is 19.4 Å². The molecule has 3 aromatic rings. The number of allylic oxidation sites excluding steroid dienone is 3. The van der Waals surface area contributed by atoms with Crippen LogP contribution in [0.25, 0.3) is 6.08 Å². The van der Waals surface area contributed by atoms with E-state index in [0.29, 0.717) is 23.4 Å². The van der Waals surface area contributed by atoms with E-state index in [4.69, 9.17) is 4.74 Å². The highest BCUT2D eigenvalue weighted by atomic mass is 79.9. The van der Waals surface area contributed by atoms with Crippen molar-refractivity contribution in [3.05, 3.63) is 130 Å². The number of halogens is 1. The maximum atomic E-state index is 14.1. The molecule has 6 heteroatoms. The minimum atomic E-state index is -0.351. The molecule has 1 unspecified atom stereocenters. The molecule has 3 aromatic carbocycles. The van der Waals surface area contributed by atoms with Gasteiger partial charge in [0.25, 0.3) is 11.8 Å². The van der Waals surface area contributed by atoms with E-state index in [2.05, 4.69) is 15.9 Å². The van der Waals surface area contributed by atoms with E-state index in [1.807, 2.05) is 135 Å². The first-order chi connectivity index (χ1) is 19.5. The van der Waals surface area contributed by atoms with Crippen molar-refractivity contribution in [2.75, 3.05) is 16.9 Å². The van der Waals surface area contributed by atoms with Gasteiger partial charge >= 0.3 is 0 Å². The van der Waals surface area contributed by atoms with Crippen molar-refractivity contribution >= 4 is 45.2 Å². The third-order valence-electron chi connectivity index (χ3n) is 6.66. The van der Waals surface area contributed by atoms with Crippen LogP contribution in [0, 0.1) is 0 Å². The summed E-state index contributed by atoms with van der Waals surface area (Å²) < 4.78 is 6.25. The van der Waals surface area contributed by atoms with Gasteiger partial charge in [0, 0.05) is 27.0 Å². The molecule has 0 spiro atoms. The SMILES string of the molecule is C/C=C(Br)\C=C/CC1C2=C(C(=O)N1c1ccccc1)N(c1ccccc1)C(=O)/C2=C\c1ccc(OC)cc1.CC. The van der Waals surface area contributed by atoms with E-state index in [0.717, 1.165) is 27.1 Å². The number of nitrogens with zero attached hydrogens (tertiary/aromatic N) is 2. The Hall–Kier alpha value is -4.16. The van der Waals surface area contributed by atoms with E-state index in [1.165, 1.54) is 0 Å². The normalized spacial score (nSPS) is 18.0. The fraction of sp³-hybridized carbons (Fsp3) is 0.176. The maximum Gasteiger partial charge on any atom is 0.276 e. The predicted octanol–water partition coefficient (Wildman–Crippen LogP) is 8.07. The fourth-order valence-electron chi connectivity index (χ4n) is 4.86. The number of anilines is 2. The van der Waals surface area contributed by atoms with Crippen molar-refractivity contribution in [2.45, 2.75) is 33.2 Å². The summed E-state index contributed by atoms with van der Waals surface area (Å²) in [6.45, 7) is 5.95. The van der Waals surface area contributed by atoms with Gasteiger partial charge in [-0.2, -0.15) is 0 Å². The first-order valence-electron chi connectivity index (χ1n) is 13.4. The number of carbonyl (C=O) groups excluding carboxylic acids is 2. The second kappa shape index (κ2) is 13.3. The molecule has 0 saturated carbocycles. The molecule has 0 aromatic heterocycles. The third-order valence-corrected chi connectivity index (χ3v) is 7.38. The third kappa shape index (κ3) is 5.73. The Kier molecular flexibility index (Phi) is 9.56. The molecule has 2 heterocycles. The molecule has 1 atom stereocenters. The Morgan fingerprint density at radius 1 is 0.875 bits per heavy atom. The van der Waals surface area contributed by atoms with Crippen LogP contribution < -0.4 is 14.5 Å². The average Bonchev–Trinajstić information content (AvgIpc) is 3.45. The second-order valence-electron chi connectivity index (χ2n) is 8.91. The van der Waals surface area contributed by atoms with Crippen LogP contribution in [0.2, 0.25) is 0 Å². The van der Waals surface area contributed by atoms with Crippen molar-refractivity contribution in [2.24, 2.45) is 0 Å². The van der Waals surface area contributed by atoms with Crippen LogP contribution in [0.3, 0.4) is 0 Å². The standard InChI is InChI=1S/C32H27BrN2O3.C2H6/c1-3-23(33)11-10-16-28-29-27(21-22-17-19-26(38-2)20-18-22)31(36)35(25-14-8-5-9-15-25)30(29)32(37)34(28)24-12-6-4-7-13-24;1-2/h3-15,17-21,28H,16H2,1-2H3;1-2H3/b11-10-,23-3+,27-21-;. The lowest BCUT2D eigenvalue weighted by atomic mass is 9.95. The van der Waals surface area contributed by atoms with Crippen LogP contribution in [0.5, 0.6) is 5.75 Å². The Balaban J connectivity index is 0.00000181. The number of ether oxygens (including phenoxy) is 1. The molecular weight excluding hydrogens is 564 g/mol. The van der Waals surface area contributed by atoms with Crippen LogP contribution in [-0.2, 0) is 9.59 Å². The number of benzene rings is 3. The summed E-state index contributed by atoms with van der Waals surface area (Å²) in [6.07, 6.45) is 8.39. The first-order valence-corrected chi connectivity index (χ1v) is 14.2. The lowest BCUT2D eigenvalue weighted by molar-refractivity contribution is -0.118. The fourth-order valence-corrected chi connectivity index (χ4v) is 5.05. The van der Waals surface area contributed by atoms with Crippen molar-refractivity contribution < 1.29 is 14.3 Å². The van der Waals surface area contributed by atoms with Crippen LogP contribution in [0.15, 0.2) is 124 Å². The molecule has 2 aliphatic heterocycles. The number of methoxy groups -OCH3 is 1. The van der Waals surface area contributed by atoms with Gasteiger partial charge in [0.15, 0.2) is 0 Å². The zero-order valence-electron chi connectivity index (χ0n) is 23.2. The van der Waals surface area contributed by atoms with Gasteiger partial charge in [0.1, 0.15) is 11.4 Å². The highest BCUT2D eigenvalue weighted by Gasteiger charge is 2.51. The molecule has 5 rings (SSSR count). The van der Waals surface area contributed by atoms with Crippen molar-refractivity contribution in [1.29, 1.82) is 0 Å². The van der Waals surface area contributed by atoms with Gasteiger partial charge < -0.3 is 4.74 Å². The number of rotatable bonds is 7. The first kappa shape index (κ1) is 28.8. The topological polar surface area (TPSA) is 49.9 Å². The Morgan fingerprint density at radius 2 is 1.48 bits per heavy atom. The molecule has 204 valence electrons. The van der Waals surface area contributed by atoms with Gasteiger partial charge in [-0.25, -0.2) is 0 Å². The Labute approximate surface area is 244 Å². The second-order valence-corrected chi connectivity index (χ2v) is 9.82. The lowest BCUT2D eigenvalue weighted by Crippen LogP contribution is -2.41. The molecule has 0 saturated heterocycles. The highest BCUT2D eigenvalue weighted by molar-refractivity contribution is 9.11. The summed E-state index contributed by atoms with van der Waals surface area (Å²) in [7, 11) is 1.62. The van der Waals surface area contributed by atoms with Crippen LogP contribution >= 0.6 is 15.9 Å². The maximum absolute atomic E-state index is 14.1. The summed E-state index contributed by atoms with van der Waals surface area (Å²) in [5.41, 5.74) is 3.98. The van der Waals surface area contributed by atoms with Gasteiger partial charge in [0.2, 0.25) is 0 Å². The molecular formula is C34H33BrN2O3. The van der Waals surface area contributed by atoms with Gasteiger partial charge in [-0.05, 0) is 61.4 Å². The summed E-state index contributed by atoms with van der Waals surface area (Å²) in [5, 5.41) is 0. The smallest absolute Gasteiger partial charge is 0.276 e. The predicted molar refractivity (Wildman–Crippen MR) is 167 cm³/mol. The average molecular weight is 598 g/mol. The van der Waals surface area contributed by atoms with E-state index in [1.54, 1.807) is 12.0 Å². The van der Waals surface area contributed by atoms with Crippen LogP contribution in [-0.4, -0.2) is 25.0 Å². The molecule has 0 radical (unpaired) electrons. The molecule has 5 nitrogen and oxygen atoms in total. The molecule has 2 amide bonds. The van der Waals surface area contributed by atoms with E-state index in [-0.39, 0.29) is 17.9 Å². The largest absolute Gasteiger partial charge is 0.497 e. The molecule has 0 aliphatic carbocycles. The zero-order chi connectivity index (χ0) is 28.6. The van der Waals surface area contributed by atoms with Crippen molar-refractivity contribution in [1.82, 2.24) is 0 Å². The van der Waals surface area contributed by atoms with E-state index >= 15 is 0 Å². The summed E-state index contributed by atoms with van der Waals surface area (Å²) in [4.78, 5) is 31.5. The number of carbonyl (C=O) groups is 2. The van der Waals surface area contributed by atoms with Crippen LogP contribution in [0.4, 0.5) is 11.4 Å². The number of amides is 2. The quantitative estimate of drug-likeness (QED) is 0.205. The molecule has 0 fully saturated rings. The van der Waals surface area contributed by atoms with Gasteiger partial charge in [-0.1, -0.05) is 96.5 Å². The number of hydrogen-bond acceptors (Lipinski definition) is 3. The minimum Gasteiger partial charge on any atom is -0.497 e. The van der Waals surface area contributed by atoms with Crippen molar-refractivity contribution in [3.63, 3.8) is 0 Å². The zero-order valence-corrected chi connectivity index (χ0v) is 24.8. The van der Waals surface area contributed by atoms with Gasteiger partial charge in [0.05, 0.1) is 13.2 Å². The molecule has 0 bridgehead atoms. The summed E-state index contributed by atoms with van der Waals surface area (Å²) >= 11 is 3.53. The number of para-hydroxylation sites is 2. The summed E-state index contributed by atoms with van der Waals surface area (Å²) in [5.74, 6) is 0.339. The molecule has 0 N–H and O–H groups in total. The van der Waals surface area contributed by atoms with E-state index in [9.17, 15) is 9.59 Å². The lowest BCUT2D eigenvalue weighted by Gasteiger charge is -2.29. The Morgan fingerprint density at radius 3 is 2.05 bits per heavy atom. The summed E-state index contributed by atoms with van der Waals surface area (Å²) in [6, 6.07) is 26.2. The monoisotopic (exact) mass is 596 g/mol. The van der Waals surface area contributed by atoms with Crippen molar-refractivity contribution in [3.8, 4) is 5.75 Å². The molecule has 2 aliphatic rings. The molecule has 40 heavy (non-hydrogen) atoms.